The average Bonchev–Trinajstić information content (AvgIpc) is 3.76. The maximum absolute atomic E-state index is 14.8. The van der Waals surface area contributed by atoms with E-state index >= 15 is 0 Å². The Balaban J connectivity index is 1.49. The number of imidazole rings is 1. The highest BCUT2D eigenvalue weighted by atomic mass is 19.1. The number of halogens is 2. The molecular weight excluding hydrogens is 735 g/mol. The van der Waals surface area contributed by atoms with Gasteiger partial charge in [-0.05, 0) is 79.1 Å². The predicted octanol–water partition coefficient (Wildman–Crippen LogP) is 7.41. The van der Waals surface area contributed by atoms with Gasteiger partial charge in [0.15, 0.2) is 11.5 Å². The third-order valence-electron chi connectivity index (χ3n) is 9.20. The van der Waals surface area contributed by atoms with Crippen LogP contribution in [-0.2, 0) is 19.4 Å². The van der Waals surface area contributed by atoms with E-state index in [1.807, 2.05) is 67.6 Å². The Morgan fingerprint density at radius 3 is 2.19 bits per heavy atom. The van der Waals surface area contributed by atoms with Gasteiger partial charge in [-0.15, -0.1) is 0 Å². The van der Waals surface area contributed by atoms with Crippen LogP contribution in [0.25, 0.3) is 0 Å². The van der Waals surface area contributed by atoms with Crippen molar-refractivity contribution in [3.8, 4) is 28.7 Å². The van der Waals surface area contributed by atoms with Crippen LogP contribution in [0.3, 0.4) is 0 Å². The van der Waals surface area contributed by atoms with Crippen LogP contribution in [0.4, 0.5) is 26.6 Å². The minimum atomic E-state index is -0.560. The van der Waals surface area contributed by atoms with Gasteiger partial charge >= 0.3 is 0 Å². The normalized spacial score (nSPS) is 11.4. The number of H-pyrrole nitrogens is 1. The van der Waals surface area contributed by atoms with Gasteiger partial charge in [0.05, 0.1) is 47.4 Å². The molecular formula is C42H46F2N8O5. The standard InChI is InChI=1S/C42H46F2N8O5/c1-6-57-32-11-8-28(9-12-32)39(34-14-13-33(53-2)23-37(34)55-4)52(20-18-27-7-16-36(54-3)38(21-27)56-5)42-50-40(46-19-17-31-25-45-26-48-31)49-41(51-42)47-24-29-22-30(43)10-15-35(29)44/h7-16,21-23,25-26,39H,6,17-20,24H2,1-5H3,(H,45,48)(H2,46,47,49,50,51). The van der Waals surface area contributed by atoms with Crippen LogP contribution in [0.1, 0.15) is 40.9 Å². The molecule has 2 aromatic heterocycles. The fraction of sp³-hybridized carbons (Fsp3) is 0.286. The molecule has 0 spiro atoms. The number of hydrogen-bond acceptors (Lipinski definition) is 12. The Labute approximate surface area is 330 Å². The van der Waals surface area contributed by atoms with E-state index in [0.29, 0.717) is 61.5 Å². The lowest BCUT2D eigenvalue weighted by atomic mass is 9.95. The Hall–Kier alpha value is -6.64. The molecule has 4 aromatic carbocycles. The molecule has 0 aliphatic carbocycles. The molecule has 3 N–H and O–H groups in total. The molecule has 2 heterocycles. The fourth-order valence-corrected chi connectivity index (χ4v) is 6.35. The molecule has 0 bridgehead atoms. The lowest BCUT2D eigenvalue weighted by Gasteiger charge is -2.34. The molecule has 15 heteroatoms. The molecule has 0 saturated heterocycles. The van der Waals surface area contributed by atoms with Crippen LogP contribution in [0, 0.1) is 11.6 Å². The summed E-state index contributed by atoms with van der Waals surface area (Å²) >= 11 is 0. The first kappa shape index (κ1) is 40.0. The van der Waals surface area contributed by atoms with E-state index in [1.165, 1.54) is 0 Å². The van der Waals surface area contributed by atoms with Gasteiger partial charge in [0.1, 0.15) is 28.9 Å². The Kier molecular flexibility index (Phi) is 13.5. The number of rotatable bonds is 20. The number of nitrogens with one attached hydrogen (secondary N) is 3. The van der Waals surface area contributed by atoms with Crippen molar-refractivity contribution < 1.29 is 32.5 Å². The van der Waals surface area contributed by atoms with Crippen LogP contribution >= 0.6 is 0 Å². The van der Waals surface area contributed by atoms with E-state index < -0.39 is 17.7 Å². The molecule has 0 fully saturated rings. The van der Waals surface area contributed by atoms with Crippen molar-refractivity contribution in [2.45, 2.75) is 32.4 Å². The second-order valence-corrected chi connectivity index (χ2v) is 12.8. The van der Waals surface area contributed by atoms with E-state index in [-0.39, 0.29) is 24.0 Å². The predicted molar refractivity (Wildman–Crippen MR) is 214 cm³/mol. The van der Waals surface area contributed by atoms with Crippen molar-refractivity contribution in [1.82, 2.24) is 24.9 Å². The minimum absolute atomic E-state index is 0.0824. The van der Waals surface area contributed by atoms with Gasteiger partial charge in [0, 0.05) is 55.1 Å². The smallest absolute Gasteiger partial charge is 0.232 e. The zero-order valence-corrected chi connectivity index (χ0v) is 32.5. The average molecular weight is 781 g/mol. The molecule has 6 aromatic rings. The molecule has 0 aliphatic rings. The van der Waals surface area contributed by atoms with Gasteiger partial charge in [-0.25, -0.2) is 13.8 Å². The molecule has 13 nitrogen and oxygen atoms in total. The highest BCUT2D eigenvalue weighted by Gasteiger charge is 2.29. The minimum Gasteiger partial charge on any atom is -0.497 e. The molecule has 0 aliphatic heterocycles. The molecule has 0 saturated carbocycles. The maximum Gasteiger partial charge on any atom is 0.232 e. The highest BCUT2D eigenvalue weighted by Crippen LogP contribution is 2.40. The number of ether oxygens (including phenoxy) is 5. The quantitative estimate of drug-likeness (QED) is 0.0711. The van der Waals surface area contributed by atoms with Gasteiger partial charge in [0.25, 0.3) is 0 Å². The second-order valence-electron chi connectivity index (χ2n) is 12.8. The second kappa shape index (κ2) is 19.3. The fourth-order valence-electron chi connectivity index (χ4n) is 6.35. The third-order valence-corrected chi connectivity index (χ3v) is 9.20. The van der Waals surface area contributed by atoms with Crippen molar-refractivity contribution in [1.29, 1.82) is 0 Å². The number of aromatic nitrogens is 5. The first-order chi connectivity index (χ1) is 27.8. The van der Waals surface area contributed by atoms with E-state index in [9.17, 15) is 8.78 Å². The van der Waals surface area contributed by atoms with Crippen LogP contribution < -0.4 is 39.2 Å². The van der Waals surface area contributed by atoms with Crippen molar-refractivity contribution in [2.24, 2.45) is 0 Å². The van der Waals surface area contributed by atoms with Crippen molar-refractivity contribution in [2.75, 3.05) is 63.7 Å². The molecule has 1 atom stereocenters. The van der Waals surface area contributed by atoms with Crippen molar-refractivity contribution >= 4 is 17.8 Å². The summed E-state index contributed by atoms with van der Waals surface area (Å²) in [6, 6.07) is 22.1. The summed E-state index contributed by atoms with van der Waals surface area (Å²) in [5.41, 5.74) is 3.71. The SMILES string of the molecule is CCOc1ccc(C(c2ccc(OC)cc2OC)N(CCc2ccc(OC)c(OC)c2)c2nc(NCCc3cnc[nH]3)nc(NCc3cc(F)ccc3F)n2)cc1. The number of hydrogen-bond donors (Lipinski definition) is 3. The summed E-state index contributed by atoms with van der Waals surface area (Å²) in [6.07, 6.45) is 4.51. The van der Waals surface area contributed by atoms with Gasteiger partial charge in [0.2, 0.25) is 17.8 Å². The van der Waals surface area contributed by atoms with Crippen molar-refractivity contribution in [3.05, 3.63) is 131 Å². The van der Waals surface area contributed by atoms with Crippen LogP contribution in [0.5, 0.6) is 28.7 Å². The summed E-state index contributed by atoms with van der Waals surface area (Å²) in [4.78, 5) is 23.8. The summed E-state index contributed by atoms with van der Waals surface area (Å²) in [5.74, 6) is 2.74. The zero-order valence-electron chi connectivity index (χ0n) is 32.5. The van der Waals surface area contributed by atoms with Crippen LogP contribution in [0.15, 0.2) is 91.4 Å². The Morgan fingerprint density at radius 2 is 1.49 bits per heavy atom. The summed E-state index contributed by atoms with van der Waals surface area (Å²) in [7, 11) is 6.41. The topological polar surface area (TPSA) is 141 Å². The van der Waals surface area contributed by atoms with E-state index in [1.54, 1.807) is 41.0 Å². The van der Waals surface area contributed by atoms with E-state index in [0.717, 1.165) is 46.3 Å². The molecule has 298 valence electrons. The monoisotopic (exact) mass is 780 g/mol. The summed E-state index contributed by atoms with van der Waals surface area (Å²) < 4.78 is 57.4. The molecule has 6 rings (SSSR count). The number of anilines is 3. The number of benzene rings is 4. The lowest BCUT2D eigenvalue weighted by Crippen LogP contribution is -2.34. The first-order valence-electron chi connectivity index (χ1n) is 18.4. The first-order valence-corrected chi connectivity index (χ1v) is 18.4. The van der Waals surface area contributed by atoms with Gasteiger partial charge in [-0.3, -0.25) is 0 Å². The molecule has 1 unspecified atom stereocenters. The third kappa shape index (κ3) is 10.2. The summed E-state index contributed by atoms with van der Waals surface area (Å²) in [5, 5.41) is 6.43. The summed E-state index contributed by atoms with van der Waals surface area (Å²) in [6.45, 7) is 3.22. The lowest BCUT2D eigenvalue weighted by molar-refractivity contribution is 0.340. The van der Waals surface area contributed by atoms with E-state index in [2.05, 4.69) is 30.5 Å². The van der Waals surface area contributed by atoms with E-state index in [4.69, 9.17) is 33.7 Å². The van der Waals surface area contributed by atoms with Gasteiger partial charge < -0.3 is 44.2 Å². The molecule has 57 heavy (non-hydrogen) atoms. The number of aromatic amines is 1. The maximum atomic E-state index is 14.8. The van der Waals surface area contributed by atoms with Crippen LogP contribution in [-0.4, -0.2) is 73.1 Å². The van der Waals surface area contributed by atoms with Crippen LogP contribution in [0.2, 0.25) is 0 Å². The molecule has 0 radical (unpaired) electrons. The van der Waals surface area contributed by atoms with Gasteiger partial charge in [-0.2, -0.15) is 15.0 Å². The van der Waals surface area contributed by atoms with Crippen molar-refractivity contribution in [3.63, 3.8) is 0 Å². The number of nitrogens with zero attached hydrogens (tertiary/aromatic N) is 5. The highest BCUT2D eigenvalue weighted by molar-refractivity contribution is 5.55. The molecule has 0 amide bonds. The van der Waals surface area contributed by atoms with Gasteiger partial charge in [-0.1, -0.05) is 18.2 Å². The number of methoxy groups -OCH3 is 4. The Bertz CT molecular complexity index is 2210. The zero-order chi connectivity index (χ0) is 40.1. The Morgan fingerprint density at radius 1 is 0.737 bits per heavy atom. The largest absolute Gasteiger partial charge is 0.497 e.